The van der Waals surface area contributed by atoms with Crippen molar-refractivity contribution in [1.29, 1.82) is 0 Å². The van der Waals surface area contributed by atoms with Crippen molar-refractivity contribution >= 4 is 17.5 Å². The number of hydrogen-bond acceptors (Lipinski definition) is 2. The first-order valence-corrected chi connectivity index (χ1v) is 6.56. The number of thioether (sulfide) groups is 1. The van der Waals surface area contributed by atoms with E-state index in [1.165, 1.54) is 0 Å². The Bertz CT molecular complexity index is 465. The van der Waals surface area contributed by atoms with Gasteiger partial charge in [0.2, 0.25) is 0 Å². The monoisotopic (exact) mass is 242 g/mol. The number of Topliss-reactive ketones (excluding diaryl/α,β-unsaturated/α-hetero) is 1. The van der Waals surface area contributed by atoms with Gasteiger partial charge in [0, 0.05) is 11.3 Å². The van der Waals surface area contributed by atoms with Gasteiger partial charge in [-0.15, -0.1) is 11.8 Å². The molecule has 0 aromatic heterocycles. The molecule has 0 aliphatic heterocycles. The third-order valence-electron chi connectivity index (χ3n) is 2.39. The van der Waals surface area contributed by atoms with Crippen LogP contribution in [0.5, 0.6) is 0 Å². The van der Waals surface area contributed by atoms with Crippen LogP contribution in [-0.2, 0) is 11.2 Å². The summed E-state index contributed by atoms with van der Waals surface area (Å²) < 4.78 is 0. The number of carbonyl (C=O) groups excluding carboxylic acids is 1. The summed E-state index contributed by atoms with van der Waals surface area (Å²) in [6, 6.07) is 19.9. The number of carbonyl (C=O) groups is 1. The molecular weight excluding hydrogens is 228 g/mol. The second-order valence-electron chi connectivity index (χ2n) is 3.80. The Hall–Kier alpha value is -1.54. The van der Waals surface area contributed by atoms with E-state index in [1.54, 1.807) is 11.8 Å². The first-order valence-electron chi connectivity index (χ1n) is 5.58. The van der Waals surface area contributed by atoms with Gasteiger partial charge in [0.15, 0.2) is 0 Å². The highest BCUT2D eigenvalue weighted by Gasteiger charge is 2.04. The number of rotatable bonds is 5. The molecule has 0 atom stereocenters. The van der Waals surface area contributed by atoms with E-state index < -0.39 is 0 Å². The molecule has 2 heteroatoms. The first kappa shape index (κ1) is 11.9. The van der Waals surface area contributed by atoms with E-state index >= 15 is 0 Å². The van der Waals surface area contributed by atoms with Crippen LogP contribution in [0.25, 0.3) is 0 Å². The molecule has 17 heavy (non-hydrogen) atoms. The molecule has 0 radical (unpaired) electrons. The van der Waals surface area contributed by atoms with Gasteiger partial charge in [0.05, 0.1) is 5.75 Å². The average Bonchev–Trinajstić information content (AvgIpc) is 2.39. The van der Waals surface area contributed by atoms with E-state index in [2.05, 4.69) is 0 Å². The fraction of sp³-hybridized carbons (Fsp3) is 0.133. The minimum Gasteiger partial charge on any atom is -0.298 e. The van der Waals surface area contributed by atoms with E-state index in [-0.39, 0.29) is 5.78 Å². The maximum absolute atomic E-state index is 11.8. The van der Waals surface area contributed by atoms with Crippen molar-refractivity contribution in [2.45, 2.75) is 11.3 Å². The second kappa shape index (κ2) is 6.26. The molecule has 0 saturated heterocycles. The Labute approximate surface area is 106 Å². The molecule has 0 unspecified atom stereocenters. The Kier molecular flexibility index (Phi) is 4.39. The predicted molar refractivity (Wildman–Crippen MR) is 72.3 cm³/mol. The van der Waals surface area contributed by atoms with E-state index in [0.29, 0.717) is 12.2 Å². The molecule has 2 rings (SSSR count). The summed E-state index contributed by atoms with van der Waals surface area (Å²) in [5.41, 5.74) is 1.09. The summed E-state index contributed by atoms with van der Waals surface area (Å²) >= 11 is 1.60. The highest BCUT2D eigenvalue weighted by Crippen LogP contribution is 2.17. The number of hydrogen-bond donors (Lipinski definition) is 0. The van der Waals surface area contributed by atoms with Crippen LogP contribution in [-0.4, -0.2) is 11.5 Å². The molecule has 0 fully saturated rings. The van der Waals surface area contributed by atoms with Crippen molar-refractivity contribution in [2.24, 2.45) is 0 Å². The van der Waals surface area contributed by atoms with Gasteiger partial charge in [-0.25, -0.2) is 0 Å². The maximum Gasteiger partial charge on any atom is 0.147 e. The number of benzene rings is 2. The smallest absolute Gasteiger partial charge is 0.147 e. The van der Waals surface area contributed by atoms with E-state index in [1.807, 2.05) is 60.7 Å². The molecule has 86 valence electrons. The first-order chi connectivity index (χ1) is 8.34. The molecule has 0 aliphatic rings. The Morgan fingerprint density at radius 3 is 2.12 bits per heavy atom. The molecular formula is C15H14OS. The third-order valence-corrected chi connectivity index (χ3v) is 3.46. The van der Waals surface area contributed by atoms with Gasteiger partial charge in [0.25, 0.3) is 0 Å². The zero-order valence-corrected chi connectivity index (χ0v) is 10.3. The Morgan fingerprint density at radius 1 is 0.882 bits per heavy atom. The van der Waals surface area contributed by atoms with Crippen molar-refractivity contribution in [2.75, 3.05) is 5.75 Å². The summed E-state index contributed by atoms with van der Waals surface area (Å²) in [7, 11) is 0. The topological polar surface area (TPSA) is 17.1 Å². The lowest BCUT2D eigenvalue weighted by molar-refractivity contribution is -0.116. The van der Waals surface area contributed by atoms with Crippen LogP contribution in [0.2, 0.25) is 0 Å². The largest absolute Gasteiger partial charge is 0.298 e. The van der Waals surface area contributed by atoms with Crippen molar-refractivity contribution < 1.29 is 4.79 Å². The fourth-order valence-corrected chi connectivity index (χ4v) is 2.33. The molecule has 0 saturated carbocycles. The van der Waals surface area contributed by atoms with Crippen LogP contribution < -0.4 is 0 Å². The van der Waals surface area contributed by atoms with Crippen LogP contribution in [0.3, 0.4) is 0 Å². The normalized spacial score (nSPS) is 10.1. The van der Waals surface area contributed by atoms with Crippen LogP contribution in [0, 0.1) is 0 Å². The van der Waals surface area contributed by atoms with Gasteiger partial charge < -0.3 is 0 Å². The molecule has 0 amide bonds. The molecule has 2 aromatic carbocycles. The molecule has 0 heterocycles. The molecule has 0 aliphatic carbocycles. The standard InChI is InChI=1S/C15H14OS/c16-14(11-13-7-3-1-4-8-13)12-17-15-9-5-2-6-10-15/h1-10H,11-12H2. The van der Waals surface area contributed by atoms with Gasteiger partial charge in [-0.2, -0.15) is 0 Å². The van der Waals surface area contributed by atoms with E-state index in [9.17, 15) is 4.79 Å². The van der Waals surface area contributed by atoms with E-state index in [4.69, 9.17) is 0 Å². The minimum absolute atomic E-state index is 0.269. The highest BCUT2D eigenvalue weighted by atomic mass is 32.2. The molecule has 2 aromatic rings. The maximum atomic E-state index is 11.8. The van der Waals surface area contributed by atoms with Crippen molar-refractivity contribution in [3.8, 4) is 0 Å². The quantitative estimate of drug-likeness (QED) is 0.745. The summed E-state index contributed by atoms with van der Waals surface area (Å²) in [4.78, 5) is 12.9. The second-order valence-corrected chi connectivity index (χ2v) is 4.85. The van der Waals surface area contributed by atoms with Gasteiger partial charge >= 0.3 is 0 Å². The Balaban J connectivity index is 1.83. The summed E-state index contributed by atoms with van der Waals surface area (Å²) in [5, 5.41) is 0. The zero-order valence-electron chi connectivity index (χ0n) is 9.50. The van der Waals surface area contributed by atoms with Gasteiger partial charge in [-0.1, -0.05) is 48.5 Å². The van der Waals surface area contributed by atoms with Crippen LogP contribution in [0.1, 0.15) is 5.56 Å². The SMILES string of the molecule is O=C(CSc1ccccc1)Cc1ccccc1. The molecule has 0 N–H and O–H groups in total. The minimum atomic E-state index is 0.269. The lowest BCUT2D eigenvalue weighted by Crippen LogP contribution is -2.05. The summed E-state index contributed by atoms with van der Waals surface area (Å²) in [6.07, 6.45) is 0.528. The average molecular weight is 242 g/mol. The number of ketones is 1. The lowest BCUT2D eigenvalue weighted by atomic mass is 10.1. The van der Waals surface area contributed by atoms with Crippen LogP contribution in [0.15, 0.2) is 65.6 Å². The summed E-state index contributed by atoms with van der Waals surface area (Å²) in [5.74, 6) is 0.809. The van der Waals surface area contributed by atoms with Gasteiger partial charge in [0.1, 0.15) is 5.78 Å². The Morgan fingerprint density at radius 2 is 1.47 bits per heavy atom. The van der Waals surface area contributed by atoms with Crippen molar-refractivity contribution in [3.63, 3.8) is 0 Å². The zero-order chi connectivity index (χ0) is 11.9. The van der Waals surface area contributed by atoms with Crippen molar-refractivity contribution in [1.82, 2.24) is 0 Å². The van der Waals surface area contributed by atoms with Crippen molar-refractivity contribution in [3.05, 3.63) is 66.2 Å². The fourth-order valence-electron chi connectivity index (χ4n) is 1.56. The van der Waals surface area contributed by atoms with Gasteiger partial charge in [-0.05, 0) is 17.7 Å². The predicted octanol–water partition coefficient (Wildman–Crippen LogP) is 3.59. The van der Waals surface area contributed by atoms with E-state index in [0.717, 1.165) is 10.5 Å². The third kappa shape index (κ3) is 4.08. The lowest BCUT2D eigenvalue weighted by Gasteiger charge is -2.01. The highest BCUT2D eigenvalue weighted by molar-refractivity contribution is 8.00. The van der Waals surface area contributed by atoms with Crippen LogP contribution in [0.4, 0.5) is 0 Å². The summed E-state index contributed by atoms with van der Waals surface area (Å²) in [6.45, 7) is 0. The molecule has 1 nitrogen and oxygen atoms in total. The molecule has 0 spiro atoms. The molecule has 0 bridgehead atoms. The van der Waals surface area contributed by atoms with Crippen LogP contribution >= 0.6 is 11.8 Å². The van der Waals surface area contributed by atoms with Gasteiger partial charge in [-0.3, -0.25) is 4.79 Å².